The van der Waals surface area contributed by atoms with E-state index in [-0.39, 0.29) is 17.1 Å². The summed E-state index contributed by atoms with van der Waals surface area (Å²) in [6.07, 6.45) is 2.77. The van der Waals surface area contributed by atoms with Crippen LogP contribution in [0.4, 0.5) is 5.00 Å². The van der Waals surface area contributed by atoms with Crippen molar-refractivity contribution in [2.45, 2.75) is 19.3 Å². The maximum atomic E-state index is 12.6. The van der Waals surface area contributed by atoms with Crippen LogP contribution in [0.5, 0.6) is 17.2 Å². The molecular weight excluding hydrogens is 476 g/mol. The van der Waals surface area contributed by atoms with E-state index in [1.165, 1.54) is 38.7 Å². The average molecular weight is 495 g/mol. The van der Waals surface area contributed by atoms with Gasteiger partial charge in [0.05, 0.1) is 36.9 Å². The number of nitrogens with zero attached hydrogens (tertiary/aromatic N) is 1. The summed E-state index contributed by atoms with van der Waals surface area (Å²) in [7, 11) is 4.31. The normalized spacial score (nSPS) is 12.0. The number of anilines is 1. The van der Waals surface area contributed by atoms with Gasteiger partial charge in [0.1, 0.15) is 11.1 Å². The first kappa shape index (κ1) is 21.9. The second-order valence-corrected chi connectivity index (χ2v) is 8.20. The van der Waals surface area contributed by atoms with Crippen molar-refractivity contribution in [1.82, 2.24) is 0 Å². The first-order valence-electron chi connectivity index (χ1n) is 8.95. The highest BCUT2D eigenvalue weighted by Gasteiger charge is 2.25. The fourth-order valence-corrected chi connectivity index (χ4v) is 5.13. The van der Waals surface area contributed by atoms with Gasteiger partial charge in [-0.3, -0.25) is 4.79 Å². The Morgan fingerprint density at radius 2 is 1.93 bits per heavy atom. The van der Waals surface area contributed by atoms with Crippen LogP contribution in [0.1, 0.15) is 32.8 Å². The molecule has 0 saturated heterocycles. The van der Waals surface area contributed by atoms with Gasteiger partial charge in [-0.2, -0.15) is 5.26 Å². The highest BCUT2D eigenvalue weighted by Crippen LogP contribution is 2.45. The lowest BCUT2D eigenvalue weighted by atomic mass is 10.1. The summed E-state index contributed by atoms with van der Waals surface area (Å²) in [6, 6.07) is 3.59. The minimum Gasteiger partial charge on any atom is -0.493 e. The minimum absolute atomic E-state index is 0.116. The number of halogens is 1. The molecule has 1 aliphatic carbocycles. The van der Waals surface area contributed by atoms with E-state index in [1.807, 2.05) is 0 Å². The molecule has 1 amide bonds. The summed E-state index contributed by atoms with van der Waals surface area (Å²) >= 11 is 4.70. The molecule has 1 N–H and O–H groups in total. The molecule has 3 rings (SSSR count). The van der Waals surface area contributed by atoms with E-state index in [4.69, 9.17) is 18.9 Å². The molecule has 1 heterocycles. The van der Waals surface area contributed by atoms with Crippen molar-refractivity contribution in [2.75, 3.05) is 33.3 Å². The van der Waals surface area contributed by atoms with Gasteiger partial charge >= 0.3 is 5.97 Å². The molecule has 158 valence electrons. The highest BCUT2D eigenvalue weighted by atomic mass is 79.9. The van der Waals surface area contributed by atoms with E-state index in [9.17, 15) is 14.9 Å². The van der Waals surface area contributed by atoms with Crippen LogP contribution in [0.2, 0.25) is 0 Å². The Morgan fingerprint density at radius 3 is 2.57 bits per heavy atom. The average Bonchev–Trinajstić information content (AvgIpc) is 3.32. The van der Waals surface area contributed by atoms with E-state index in [0.717, 1.165) is 29.7 Å². The molecule has 8 nitrogen and oxygen atoms in total. The van der Waals surface area contributed by atoms with Gasteiger partial charge in [0.15, 0.2) is 18.1 Å². The molecule has 1 aromatic carbocycles. The third kappa shape index (κ3) is 4.08. The number of fused-ring (bicyclic) bond motifs is 1. The Kier molecular flexibility index (Phi) is 6.84. The van der Waals surface area contributed by atoms with E-state index in [0.29, 0.717) is 20.8 Å². The summed E-state index contributed by atoms with van der Waals surface area (Å²) in [5, 5.41) is 12.6. The molecule has 1 aromatic heterocycles. The summed E-state index contributed by atoms with van der Waals surface area (Å²) in [6.45, 7) is -0.505. The van der Waals surface area contributed by atoms with Crippen LogP contribution in [-0.4, -0.2) is 39.8 Å². The van der Waals surface area contributed by atoms with Gasteiger partial charge in [-0.05, 0) is 46.8 Å². The fraction of sp³-hybridized carbons (Fsp3) is 0.350. The van der Waals surface area contributed by atoms with Crippen LogP contribution in [0.15, 0.2) is 10.5 Å². The molecule has 0 spiro atoms. The smallest absolute Gasteiger partial charge is 0.340 e. The number of nitrogens with one attached hydrogen (secondary N) is 1. The third-order valence-corrected chi connectivity index (χ3v) is 6.60. The van der Waals surface area contributed by atoms with Crippen molar-refractivity contribution in [3.8, 4) is 23.3 Å². The number of carbonyl (C=O) groups excluding carboxylic acids is 2. The van der Waals surface area contributed by atoms with Crippen LogP contribution < -0.4 is 19.5 Å². The number of aryl methyl sites for hydroxylation is 1. The number of thiophene rings is 1. The van der Waals surface area contributed by atoms with E-state index >= 15 is 0 Å². The van der Waals surface area contributed by atoms with Gasteiger partial charge in [0, 0.05) is 4.88 Å². The van der Waals surface area contributed by atoms with Crippen LogP contribution in [0.25, 0.3) is 0 Å². The number of benzene rings is 1. The quantitative estimate of drug-likeness (QED) is 0.584. The van der Waals surface area contributed by atoms with E-state index in [1.54, 1.807) is 0 Å². The first-order chi connectivity index (χ1) is 14.4. The topological polar surface area (TPSA) is 107 Å². The minimum atomic E-state index is -0.745. The molecule has 0 bridgehead atoms. The maximum Gasteiger partial charge on any atom is 0.340 e. The number of hydrogen-bond donors (Lipinski definition) is 1. The summed E-state index contributed by atoms with van der Waals surface area (Å²) < 4.78 is 21.3. The molecule has 1 aliphatic rings. The fourth-order valence-electron chi connectivity index (χ4n) is 3.25. The van der Waals surface area contributed by atoms with Crippen LogP contribution in [-0.2, 0) is 22.4 Å². The van der Waals surface area contributed by atoms with E-state index in [2.05, 4.69) is 27.3 Å². The second kappa shape index (κ2) is 9.36. The number of methoxy groups -OCH3 is 3. The molecule has 0 unspecified atom stereocenters. The zero-order chi connectivity index (χ0) is 21.8. The van der Waals surface area contributed by atoms with Crippen molar-refractivity contribution >= 4 is 44.1 Å². The number of hydrogen-bond acceptors (Lipinski definition) is 8. The monoisotopic (exact) mass is 494 g/mol. The van der Waals surface area contributed by atoms with Gasteiger partial charge in [0.25, 0.3) is 5.91 Å². The lowest BCUT2D eigenvalue weighted by molar-refractivity contribution is -0.119. The SMILES string of the molecule is COc1cc(C(=O)OCC(=O)Nc2sc3c(c2C#N)CCC3)c(Br)c(OC)c1OC. The van der Waals surface area contributed by atoms with E-state index < -0.39 is 18.5 Å². The number of nitriles is 1. The number of ether oxygens (including phenoxy) is 4. The molecule has 0 fully saturated rings. The van der Waals surface area contributed by atoms with Gasteiger partial charge in [-0.1, -0.05) is 0 Å². The van der Waals surface area contributed by atoms with Gasteiger partial charge in [0.2, 0.25) is 5.75 Å². The number of rotatable bonds is 7. The lowest BCUT2D eigenvalue weighted by Crippen LogP contribution is -2.21. The number of esters is 1. The molecular formula is C20H19BrN2O6S. The molecule has 10 heteroatoms. The largest absolute Gasteiger partial charge is 0.493 e. The molecule has 0 radical (unpaired) electrons. The van der Waals surface area contributed by atoms with Gasteiger partial charge in [-0.25, -0.2) is 4.79 Å². The second-order valence-electron chi connectivity index (χ2n) is 6.30. The summed E-state index contributed by atoms with van der Waals surface area (Å²) in [5.74, 6) is -0.412. The number of amides is 1. The van der Waals surface area contributed by atoms with Crippen molar-refractivity contribution < 1.29 is 28.5 Å². The molecule has 0 atom stereocenters. The van der Waals surface area contributed by atoms with Crippen molar-refractivity contribution in [3.05, 3.63) is 32.1 Å². The Bertz CT molecular complexity index is 1040. The summed E-state index contributed by atoms with van der Waals surface area (Å²) in [5.41, 5.74) is 1.63. The van der Waals surface area contributed by atoms with Gasteiger partial charge < -0.3 is 24.3 Å². The van der Waals surface area contributed by atoms with Crippen molar-refractivity contribution in [2.24, 2.45) is 0 Å². The number of carbonyl (C=O) groups is 2. The summed E-state index contributed by atoms with van der Waals surface area (Å²) in [4.78, 5) is 26.0. The Labute approximate surface area is 185 Å². The standard InChI is InChI=1S/C20H19BrN2O6S/c1-26-13-7-11(16(21)18(28-3)17(13)27-2)20(25)29-9-15(24)23-19-12(8-22)10-5-4-6-14(10)30-19/h7H,4-6,9H2,1-3H3,(H,23,24). The predicted molar refractivity (Wildman–Crippen MR) is 114 cm³/mol. The Morgan fingerprint density at radius 1 is 1.20 bits per heavy atom. The van der Waals surface area contributed by atoms with Crippen LogP contribution >= 0.6 is 27.3 Å². The predicted octanol–water partition coefficient (Wildman–Crippen LogP) is 3.69. The molecule has 0 saturated carbocycles. The Hall–Kier alpha value is -2.77. The zero-order valence-corrected chi connectivity index (χ0v) is 19.0. The van der Waals surface area contributed by atoms with Crippen LogP contribution in [0.3, 0.4) is 0 Å². The highest BCUT2D eigenvalue weighted by molar-refractivity contribution is 9.10. The third-order valence-electron chi connectivity index (χ3n) is 4.61. The maximum absolute atomic E-state index is 12.6. The van der Waals surface area contributed by atoms with Crippen LogP contribution in [0, 0.1) is 11.3 Å². The first-order valence-corrected chi connectivity index (χ1v) is 10.6. The molecule has 0 aliphatic heterocycles. The lowest BCUT2D eigenvalue weighted by Gasteiger charge is -2.16. The zero-order valence-electron chi connectivity index (χ0n) is 16.6. The molecule has 2 aromatic rings. The Balaban J connectivity index is 1.72. The van der Waals surface area contributed by atoms with Crippen molar-refractivity contribution in [3.63, 3.8) is 0 Å². The molecule has 30 heavy (non-hydrogen) atoms. The van der Waals surface area contributed by atoms with Gasteiger partial charge in [-0.15, -0.1) is 11.3 Å². The van der Waals surface area contributed by atoms with Crippen molar-refractivity contribution in [1.29, 1.82) is 5.26 Å².